The summed E-state index contributed by atoms with van der Waals surface area (Å²) in [6, 6.07) is 14.7. The first kappa shape index (κ1) is 21.3. The van der Waals surface area contributed by atoms with E-state index >= 15 is 0 Å². The Morgan fingerprint density at radius 3 is 2.10 bits per heavy atom. The summed E-state index contributed by atoms with van der Waals surface area (Å²) in [6.07, 6.45) is -0.635. The summed E-state index contributed by atoms with van der Waals surface area (Å²) in [5.74, 6) is -0.135. The van der Waals surface area contributed by atoms with Crippen molar-refractivity contribution in [2.75, 3.05) is 31.1 Å². The number of amides is 1. The van der Waals surface area contributed by atoms with Crippen molar-refractivity contribution in [2.24, 2.45) is 0 Å². The smallest absolute Gasteiger partial charge is 0.245 e. The van der Waals surface area contributed by atoms with Crippen molar-refractivity contribution in [1.29, 1.82) is 0 Å². The molecule has 1 heterocycles. The van der Waals surface area contributed by atoms with Gasteiger partial charge in [-0.25, -0.2) is 8.42 Å². The van der Waals surface area contributed by atoms with Gasteiger partial charge in [0.2, 0.25) is 15.9 Å². The number of sulfonamides is 1. The summed E-state index contributed by atoms with van der Waals surface area (Å²) in [4.78, 5) is 16.3. The van der Waals surface area contributed by atoms with Gasteiger partial charge in [0.1, 0.15) is 6.17 Å². The van der Waals surface area contributed by atoms with Crippen LogP contribution in [0.2, 0.25) is 0 Å². The highest BCUT2D eigenvalue weighted by atomic mass is 32.2. The zero-order chi connectivity index (χ0) is 21.2. The van der Waals surface area contributed by atoms with Crippen LogP contribution < -0.4 is 4.90 Å². The third-order valence-electron chi connectivity index (χ3n) is 5.48. The van der Waals surface area contributed by atoms with Gasteiger partial charge in [-0.15, -0.1) is 0 Å². The summed E-state index contributed by atoms with van der Waals surface area (Å²) in [5, 5.41) is 0. The van der Waals surface area contributed by atoms with Crippen LogP contribution in [0.1, 0.15) is 38.1 Å². The number of rotatable bonds is 6. The number of carbonyl (C=O) groups excluding carboxylic acids is 1. The van der Waals surface area contributed by atoms with Gasteiger partial charge in [0, 0.05) is 38.8 Å². The lowest BCUT2D eigenvalue weighted by Crippen LogP contribution is -2.37. The number of hydrogen-bond donors (Lipinski definition) is 0. The Morgan fingerprint density at radius 1 is 1.00 bits per heavy atom. The molecule has 0 spiro atoms. The highest BCUT2D eigenvalue weighted by Gasteiger charge is 2.42. The van der Waals surface area contributed by atoms with Crippen LogP contribution in [0.3, 0.4) is 0 Å². The molecule has 156 valence electrons. The minimum absolute atomic E-state index is 0.135. The summed E-state index contributed by atoms with van der Waals surface area (Å²) in [6.45, 7) is 10.0. The quantitative estimate of drug-likeness (QED) is 0.726. The second-order valence-electron chi connectivity index (χ2n) is 7.28. The molecule has 2 aromatic rings. The van der Waals surface area contributed by atoms with Gasteiger partial charge in [-0.1, -0.05) is 29.8 Å². The molecule has 1 fully saturated rings. The molecule has 1 atom stereocenters. The molecule has 0 aromatic heterocycles. The standard InChI is InChI=1S/C22H29N3O3S/c1-5-23(6-2)20-11-9-19(10-12-20)22-24(18(4)26)15-16-25(22)29(27,28)21-13-7-17(3)8-14-21/h7-14,22H,5-6,15-16H2,1-4H3/t22-/m0/s1. The number of hydrogen-bond acceptors (Lipinski definition) is 4. The molecular weight excluding hydrogens is 386 g/mol. The van der Waals surface area contributed by atoms with Crippen molar-refractivity contribution in [1.82, 2.24) is 9.21 Å². The Labute approximate surface area is 173 Å². The second kappa shape index (κ2) is 8.55. The molecule has 1 saturated heterocycles. The van der Waals surface area contributed by atoms with Crippen LogP contribution in [0, 0.1) is 6.92 Å². The van der Waals surface area contributed by atoms with Crippen LogP contribution in [-0.4, -0.2) is 49.7 Å². The molecule has 0 aliphatic carbocycles. The fourth-order valence-corrected chi connectivity index (χ4v) is 5.40. The summed E-state index contributed by atoms with van der Waals surface area (Å²) >= 11 is 0. The van der Waals surface area contributed by atoms with E-state index in [1.54, 1.807) is 29.2 Å². The zero-order valence-electron chi connectivity index (χ0n) is 17.5. The topological polar surface area (TPSA) is 60.9 Å². The van der Waals surface area contributed by atoms with E-state index in [-0.39, 0.29) is 17.3 Å². The number of anilines is 1. The monoisotopic (exact) mass is 415 g/mol. The predicted octanol–water partition coefficient (Wildman–Crippen LogP) is 3.39. The molecule has 1 aliphatic heterocycles. The molecule has 6 nitrogen and oxygen atoms in total. The van der Waals surface area contributed by atoms with Gasteiger partial charge < -0.3 is 9.80 Å². The molecule has 0 unspecified atom stereocenters. The van der Waals surface area contributed by atoms with Crippen molar-refractivity contribution < 1.29 is 13.2 Å². The van der Waals surface area contributed by atoms with E-state index in [4.69, 9.17) is 0 Å². The zero-order valence-corrected chi connectivity index (χ0v) is 18.3. The molecule has 2 aromatic carbocycles. The normalized spacial score (nSPS) is 17.5. The molecule has 0 bridgehead atoms. The molecule has 0 N–H and O–H groups in total. The summed E-state index contributed by atoms with van der Waals surface area (Å²) in [5.41, 5.74) is 2.88. The Kier molecular flexibility index (Phi) is 6.29. The minimum atomic E-state index is -3.73. The largest absolute Gasteiger partial charge is 0.372 e. The van der Waals surface area contributed by atoms with Gasteiger partial charge in [0.25, 0.3) is 0 Å². The highest BCUT2D eigenvalue weighted by molar-refractivity contribution is 7.89. The van der Waals surface area contributed by atoms with E-state index in [0.717, 1.165) is 29.9 Å². The number of aryl methyl sites for hydroxylation is 1. The lowest BCUT2D eigenvalue weighted by molar-refractivity contribution is -0.130. The van der Waals surface area contributed by atoms with Crippen LogP contribution in [0.25, 0.3) is 0 Å². The third-order valence-corrected chi connectivity index (χ3v) is 7.35. The number of carbonyl (C=O) groups is 1. The van der Waals surface area contributed by atoms with Crippen molar-refractivity contribution in [3.8, 4) is 0 Å². The molecule has 29 heavy (non-hydrogen) atoms. The number of nitrogens with zero attached hydrogens (tertiary/aromatic N) is 3. The average Bonchev–Trinajstić information content (AvgIpc) is 3.16. The molecule has 0 saturated carbocycles. The first-order chi connectivity index (χ1) is 13.8. The third kappa shape index (κ3) is 4.16. The van der Waals surface area contributed by atoms with Crippen molar-refractivity contribution in [3.05, 3.63) is 59.7 Å². The van der Waals surface area contributed by atoms with Gasteiger partial charge in [-0.3, -0.25) is 4.79 Å². The maximum absolute atomic E-state index is 13.3. The van der Waals surface area contributed by atoms with E-state index < -0.39 is 16.2 Å². The Hall–Kier alpha value is -2.38. The van der Waals surface area contributed by atoms with E-state index in [1.807, 2.05) is 31.2 Å². The molecule has 0 radical (unpaired) electrons. The van der Waals surface area contributed by atoms with Crippen LogP contribution in [-0.2, 0) is 14.8 Å². The summed E-state index contributed by atoms with van der Waals surface area (Å²) < 4.78 is 28.1. The highest BCUT2D eigenvalue weighted by Crippen LogP contribution is 2.35. The molecular formula is C22H29N3O3S. The lowest BCUT2D eigenvalue weighted by atomic mass is 10.1. The van der Waals surface area contributed by atoms with E-state index in [2.05, 4.69) is 18.7 Å². The Balaban J connectivity index is 2.00. The van der Waals surface area contributed by atoms with E-state index in [1.165, 1.54) is 11.2 Å². The Bertz CT molecular complexity index is 952. The van der Waals surface area contributed by atoms with E-state index in [0.29, 0.717) is 6.54 Å². The fraction of sp³-hybridized carbons (Fsp3) is 0.409. The molecule has 3 rings (SSSR count). The van der Waals surface area contributed by atoms with Crippen molar-refractivity contribution >= 4 is 21.6 Å². The molecule has 1 aliphatic rings. The van der Waals surface area contributed by atoms with Gasteiger partial charge in [-0.2, -0.15) is 4.31 Å². The van der Waals surface area contributed by atoms with Crippen LogP contribution in [0.5, 0.6) is 0 Å². The number of benzene rings is 2. The maximum atomic E-state index is 13.3. The SMILES string of the molecule is CCN(CC)c1ccc([C@H]2N(C(C)=O)CCN2S(=O)(=O)c2ccc(C)cc2)cc1. The van der Waals surface area contributed by atoms with E-state index in [9.17, 15) is 13.2 Å². The van der Waals surface area contributed by atoms with Gasteiger partial charge in [-0.05, 0) is 50.6 Å². The van der Waals surface area contributed by atoms with Crippen molar-refractivity contribution in [2.45, 2.75) is 38.8 Å². The van der Waals surface area contributed by atoms with Crippen LogP contribution >= 0.6 is 0 Å². The van der Waals surface area contributed by atoms with Gasteiger partial charge >= 0.3 is 0 Å². The first-order valence-electron chi connectivity index (χ1n) is 10.00. The first-order valence-corrected chi connectivity index (χ1v) is 11.4. The predicted molar refractivity (Wildman–Crippen MR) is 115 cm³/mol. The Morgan fingerprint density at radius 2 is 1.59 bits per heavy atom. The van der Waals surface area contributed by atoms with Gasteiger partial charge in [0.05, 0.1) is 4.90 Å². The van der Waals surface area contributed by atoms with Crippen LogP contribution in [0.4, 0.5) is 5.69 Å². The van der Waals surface area contributed by atoms with Crippen LogP contribution in [0.15, 0.2) is 53.4 Å². The lowest BCUT2D eigenvalue weighted by Gasteiger charge is -2.30. The minimum Gasteiger partial charge on any atom is -0.372 e. The molecule has 7 heteroatoms. The second-order valence-corrected chi connectivity index (χ2v) is 9.17. The van der Waals surface area contributed by atoms with Gasteiger partial charge in [0.15, 0.2) is 0 Å². The van der Waals surface area contributed by atoms with Crippen molar-refractivity contribution in [3.63, 3.8) is 0 Å². The average molecular weight is 416 g/mol. The summed E-state index contributed by atoms with van der Waals surface area (Å²) in [7, 11) is -3.73. The molecule has 1 amide bonds. The fourth-order valence-electron chi connectivity index (χ4n) is 3.83. The maximum Gasteiger partial charge on any atom is 0.245 e.